The lowest BCUT2D eigenvalue weighted by Gasteiger charge is -2.27. The molecule has 6 nitrogen and oxygen atoms in total. The topological polar surface area (TPSA) is 89.8 Å². The standard InChI is InChI=1S/C9H14N4O2/c1-9(2,3)7-10-4-5(11-7)12-8(15)13-6(4)14/h7,10H,1-3H3,(H3,11,12,13,14,15). The van der Waals surface area contributed by atoms with Crippen LogP contribution in [0.4, 0.5) is 11.5 Å². The maximum Gasteiger partial charge on any atom is 0.327 e. The third-order valence-electron chi connectivity index (χ3n) is 2.39. The summed E-state index contributed by atoms with van der Waals surface area (Å²) in [5.74, 6) is 0.462. The summed E-state index contributed by atoms with van der Waals surface area (Å²) < 4.78 is 0. The number of fused-ring (bicyclic) bond motifs is 1. The van der Waals surface area contributed by atoms with Gasteiger partial charge in [-0.3, -0.25) is 14.8 Å². The Morgan fingerprint density at radius 2 is 1.73 bits per heavy atom. The van der Waals surface area contributed by atoms with Crippen molar-refractivity contribution in [3.8, 4) is 0 Å². The van der Waals surface area contributed by atoms with Gasteiger partial charge in [-0.1, -0.05) is 20.8 Å². The molecule has 0 aromatic carbocycles. The molecule has 0 amide bonds. The molecule has 1 atom stereocenters. The number of aromatic amines is 2. The van der Waals surface area contributed by atoms with Crippen LogP contribution in [0.1, 0.15) is 20.8 Å². The molecule has 1 aliphatic heterocycles. The number of nitrogens with one attached hydrogen (secondary N) is 4. The predicted molar refractivity (Wildman–Crippen MR) is 58.2 cm³/mol. The normalized spacial score (nSPS) is 19.3. The van der Waals surface area contributed by atoms with Crippen LogP contribution in [0.3, 0.4) is 0 Å². The number of H-pyrrole nitrogens is 2. The lowest BCUT2D eigenvalue weighted by Crippen LogP contribution is -2.37. The van der Waals surface area contributed by atoms with Crippen molar-refractivity contribution in [2.45, 2.75) is 26.9 Å². The molecule has 0 spiro atoms. The number of anilines is 2. The second-order valence-corrected chi connectivity index (χ2v) is 4.75. The largest absolute Gasteiger partial charge is 0.357 e. The summed E-state index contributed by atoms with van der Waals surface area (Å²) in [6.07, 6.45) is -0.0633. The molecule has 2 rings (SSSR count). The average molecular weight is 210 g/mol. The summed E-state index contributed by atoms with van der Waals surface area (Å²) in [4.78, 5) is 27.2. The minimum atomic E-state index is -0.498. The third kappa shape index (κ3) is 1.62. The molecule has 2 heterocycles. The van der Waals surface area contributed by atoms with E-state index in [-0.39, 0.29) is 11.6 Å². The molecule has 1 aliphatic rings. The summed E-state index contributed by atoms with van der Waals surface area (Å²) in [6.45, 7) is 6.11. The zero-order valence-corrected chi connectivity index (χ0v) is 8.89. The molecule has 0 radical (unpaired) electrons. The molecule has 0 aliphatic carbocycles. The zero-order valence-electron chi connectivity index (χ0n) is 8.89. The van der Waals surface area contributed by atoms with Gasteiger partial charge in [-0.2, -0.15) is 0 Å². The van der Waals surface area contributed by atoms with E-state index in [2.05, 4.69) is 20.6 Å². The predicted octanol–water partition coefficient (Wildman–Crippen LogP) is 0.273. The highest BCUT2D eigenvalue weighted by molar-refractivity contribution is 5.69. The fourth-order valence-corrected chi connectivity index (χ4v) is 1.49. The van der Waals surface area contributed by atoms with Gasteiger partial charge in [0.2, 0.25) is 0 Å². The summed E-state index contributed by atoms with van der Waals surface area (Å²) in [7, 11) is 0. The number of hydrogen-bond acceptors (Lipinski definition) is 4. The van der Waals surface area contributed by atoms with Crippen molar-refractivity contribution < 1.29 is 0 Å². The van der Waals surface area contributed by atoms with E-state index in [1.165, 1.54) is 0 Å². The fraction of sp³-hybridized carbons (Fsp3) is 0.556. The van der Waals surface area contributed by atoms with Gasteiger partial charge >= 0.3 is 5.69 Å². The maximum atomic E-state index is 11.4. The Morgan fingerprint density at radius 3 is 2.33 bits per heavy atom. The number of aromatic nitrogens is 2. The van der Waals surface area contributed by atoms with Crippen LogP contribution in [-0.4, -0.2) is 16.1 Å². The quantitative estimate of drug-likeness (QED) is 0.495. The molecule has 0 saturated carbocycles. The van der Waals surface area contributed by atoms with Gasteiger partial charge in [0.1, 0.15) is 17.7 Å². The van der Waals surface area contributed by atoms with Gasteiger partial charge in [-0.25, -0.2) is 4.79 Å². The first-order valence-electron chi connectivity index (χ1n) is 4.77. The first-order valence-corrected chi connectivity index (χ1v) is 4.77. The van der Waals surface area contributed by atoms with Crippen LogP contribution < -0.4 is 21.9 Å². The Labute approximate surface area is 86.1 Å². The van der Waals surface area contributed by atoms with E-state index in [1.54, 1.807) is 0 Å². The van der Waals surface area contributed by atoms with Crippen molar-refractivity contribution in [1.82, 2.24) is 9.97 Å². The Kier molecular flexibility index (Phi) is 1.89. The van der Waals surface area contributed by atoms with Gasteiger partial charge in [-0.15, -0.1) is 0 Å². The van der Waals surface area contributed by atoms with E-state index in [1.807, 2.05) is 20.8 Å². The second kappa shape index (κ2) is 2.88. The molecule has 1 aromatic heterocycles. The van der Waals surface area contributed by atoms with E-state index < -0.39 is 11.2 Å². The summed E-state index contributed by atoms with van der Waals surface area (Å²) in [6, 6.07) is 0. The van der Waals surface area contributed by atoms with Crippen molar-refractivity contribution in [2.75, 3.05) is 10.6 Å². The van der Waals surface area contributed by atoms with E-state index in [4.69, 9.17) is 0 Å². The van der Waals surface area contributed by atoms with Crippen molar-refractivity contribution in [1.29, 1.82) is 0 Å². The van der Waals surface area contributed by atoms with E-state index in [0.717, 1.165) is 0 Å². The second-order valence-electron chi connectivity index (χ2n) is 4.75. The summed E-state index contributed by atoms with van der Waals surface area (Å²) in [5, 5.41) is 6.11. The van der Waals surface area contributed by atoms with Crippen LogP contribution in [-0.2, 0) is 0 Å². The highest BCUT2D eigenvalue weighted by Crippen LogP contribution is 2.30. The van der Waals surface area contributed by atoms with Crippen LogP contribution in [0.15, 0.2) is 9.59 Å². The minimum Gasteiger partial charge on any atom is -0.357 e. The minimum absolute atomic E-state index is 0.0532. The molecule has 1 aromatic rings. The Morgan fingerprint density at radius 1 is 1.07 bits per heavy atom. The monoisotopic (exact) mass is 210 g/mol. The van der Waals surface area contributed by atoms with E-state index >= 15 is 0 Å². The van der Waals surface area contributed by atoms with Gasteiger partial charge in [0.15, 0.2) is 0 Å². The van der Waals surface area contributed by atoms with Crippen LogP contribution in [0.25, 0.3) is 0 Å². The van der Waals surface area contributed by atoms with Gasteiger partial charge in [-0.05, 0) is 0 Å². The van der Waals surface area contributed by atoms with Crippen molar-refractivity contribution >= 4 is 11.5 Å². The highest BCUT2D eigenvalue weighted by Gasteiger charge is 2.32. The summed E-state index contributed by atoms with van der Waals surface area (Å²) >= 11 is 0. The lowest BCUT2D eigenvalue weighted by atomic mass is 9.93. The highest BCUT2D eigenvalue weighted by atomic mass is 16.2. The first-order chi connectivity index (χ1) is 6.88. The maximum absolute atomic E-state index is 11.4. The Hall–Kier alpha value is -1.72. The molecule has 4 N–H and O–H groups in total. The van der Waals surface area contributed by atoms with Gasteiger partial charge in [0.05, 0.1) is 0 Å². The van der Waals surface area contributed by atoms with Crippen molar-refractivity contribution in [3.63, 3.8) is 0 Å². The fourth-order valence-electron chi connectivity index (χ4n) is 1.49. The van der Waals surface area contributed by atoms with Crippen molar-refractivity contribution in [3.05, 3.63) is 20.8 Å². The Balaban J connectivity index is 2.44. The van der Waals surface area contributed by atoms with Crippen LogP contribution in [0, 0.1) is 5.41 Å². The van der Waals surface area contributed by atoms with E-state index in [0.29, 0.717) is 11.5 Å². The lowest BCUT2D eigenvalue weighted by molar-refractivity contribution is 0.372. The smallest absolute Gasteiger partial charge is 0.327 e. The molecular weight excluding hydrogens is 196 g/mol. The van der Waals surface area contributed by atoms with Gasteiger partial charge < -0.3 is 10.6 Å². The van der Waals surface area contributed by atoms with Crippen LogP contribution in [0.2, 0.25) is 0 Å². The molecular formula is C9H14N4O2. The zero-order chi connectivity index (χ0) is 11.2. The van der Waals surface area contributed by atoms with Crippen LogP contribution >= 0.6 is 0 Å². The summed E-state index contributed by atoms with van der Waals surface area (Å²) in [5.41, 5.74) is -0.548. The molecule has 0 bridgehead atoms. The van der Waals surface area contributed by atoms with E-state index in [9.17, 15) is 9.59 Å². The molecule has 0 saturated heterocycles. The number of hydrogen-bond donors (Lipinski definition) is 4. The Bertz CT molecular complexity index is 494. The average Bonchev–Trinajstić information content (AvgIpc) is 2.46. The molecule has 1 unspecified atom stereocenters. The van der Waals surface area contributed by atoms with Gasteiger partial charge in [0.25, 0.3) is 5.56 Å². The van der Waals surface area contributed by atoms with Crippen molar-refractivity contribution in [2.24, 2.45) is 5.41 Å². The number of rotatable bonds is 0. The SMILES string of the molecule is CC(C)(C)C1Nc2[nH]c(=O)[nH]c(=O)c2N1. The molecule has 15 heavy (non-hydrogen) atoms. The van der Waals surface area contributed by atoms with Crippen LogP contribution in [0.5, 0.6) is 0 Å². The third-order valence-corrected chi connectivity index (χ3v) is 2.39. The molecule has 0 fully saturated rings. The molecule has 82 valence electrons. The van der Waals surface area contributed by atoms with Gasteiger partial charge in [0, 0.05) is 5.41 Å². The molecule has 6 heteroatoms. The first kappa shape index (κ1) is 9.82.